The number of aryl methyl sites for hydroxylation is 1. The third kappa shape index (κ3) is 3.42. The Kier molecular flexibility index (Phi) is 4.46. The molecule has 1 atom stereocenters. The number of nitrogens with one attached hydrogen (secondary N) is 1. The van der Waals surface area contributed by atoms with Gasteiger partial charge in [0.25, 0.3) is 0 Å². The monoisotopic (exact) mass is 429 g/mol. The van der Waals surface area contributed by atoms with Crippen LogP contribution in [0.5, 0.6) is 5.75 Å². The van der Waals surface area contributed by atoms with Gasteiger partial charge in [-0.25, -0.2) is 14.6 Å². The number of anilines is 1. The van der Waals surface area contributed by atoms with Gasteiger partial charge in [-0.3, -0.25) is 0 Å². The van der Waals surface area contributed by atoms with Crippen LogP contribution in [0.1, 0.15) is 12.8 Å². The van der Waals surface area contributed by atoms with E-state index in [1.165, 1.54) is 12.8 Å². The molecule has 2 aliphatic rings. The van der Waals surface area contributed by atoms with Crippen LogP contribution in [-0.4, -0.2) is 65.9 Å². The molecule has 2 fully saturated rings. The van der Waals surface area contributed by atoms with Gasteiger partial charge in [0.1, 0.15) is 17.0 Å². The number of piperazine rings is 1. The van der Waals surface area contributed by atoms with E-state index in [-0.39, 0.29) is 5.75 Å². The van der Waals surface area contributed by atoms with Crippen molar-refractivity contribution < 1.29 is 5.11 Å². The summed E-state index contributed by atoms with van der Waals surface area (Å²) in [5.41, 5.74) is 4.05. The van der Waals surface area contributed by atoms with Gasteiger partial charge in [-0.15, -0.1) is 15.3 Å². The second-order valence-corrected chi connectivity index (χ2v) is 8.47. The first-order valence-electron chi connectivity index (χ1n) is 10.8. The molecule has 32 heavy (non-hydrogen) atoms. The number of benzene rings is 1. The maximum absolute atomic E-state index is 10.7. The Labute approximate surface area is 184 Å². The minimum atomic E-state index is 0.104. The number of aromatic nitrogens is 7. The normalized spacial score (nSPS) is 18.9. The highest BCUT2D eigenvalue weighted by molar-refractivity contribution is 5.77. The molecule has 162 valence electrons. The largest absolute Gasteiger partial charge is 0.507 e. The van der Waals surface area contributed by atoms with Gasteiger partial charge in [-0.1, -0.05) is 11.3 Å². The van der Waals surface area contributed by atoms with Crippen molar-refractivity contribution in [3.05, 3.63) is 36.5 Å². The van der Waals surface area contributed by atoms with Crippen LogP contribution in [0.15, 0.2) is 36.5 Å². The van der Waals surface area contributed by atoms with Crippen molar-refractivity contribution in [1.29, 1.82) is 0 Å². The summed E-state index contributed by atoms with van der Waals surface area (Å²) >= 11 is 0. The molecule has 1 aromatic carbocycles. The fourth-order valence-electron chi connectivity index (χ4n) is 4.29. The Hall–Kier alpha value is -3.66. The molecule has 0 bridgehead atoms. The maximum Gasteiger partial charge on any atom is 0.245 e. The molecule has 2 N–H and O–H groups in total. The highest BCUT2D eigenvalue weighted by Crippen LogP contribution is 2.34. The Morgan fingerprint density at radius 3 is 2.75 bits per heavy atom. The third-order valence-electron chi connectivity index (χ3n) is 6.25. The predicted molar refractivity (Wildman–Crippen MR) is 119 cm³/mol. The lowest BCUT2D eigenvalue weighted by atomic mass is 10.1. The van der Waals surface area contributed by atoms with E-state index < -0.39 is 0 Å². The van der Waals surface area contributed by atoms with Gasteiger partial charge in [0.2, 0.25) is 5.95 Å². The molecule has 0 unspecified atom stereocenters. The fourth-order valence-corrected chi connectivity index (χ4v) is 4.29. The molecule has 1 aliphatic heterocycles. The molecule has 4 aromatic rings. The van der Waals surface area contributed by atoms with Crippen molar-refractivity contribution in [3.63, 3.8) is 0 Å². The quantitative estimate of drug-likeness (QED) is 0.500. The molecule has 6 rings (SSSR count). The molecule has 10 heteroatoms. The van der Waals surface area contributed by atoms with Gasteiger partial charge >= 0.3 is 0 Å². The number of aromatic hydroxyl groups is 1. The molecule has 1 saturated carbocycles. The number of hydrogen-bond acceptors (Lipinski definition) is 9. The molecule has 3 aromatic heterocycles. The molecule has 0 spiro atoms. The molecular formula is C22H23N9O. The Balaban J connectivity index is 1.24. The lowest BCUT2D eigenvalue weighted by Gasteiger charge is -2.33. The van der Waals surface area contributed by atoms with E-state index in [0.29, 0.717) is 28.9 Å². The zero-order chi connectivity index (χ0) is 21.7. The van der Waals surface area contributed by atoms with Crippen molar-refractivity contribution >= 4 is 17.1 Å². The lowest BCUT2D eigenvalue weighted by molar-refractivity contribution is 0.414. The number of nitrogens with zero attached hydrogens (tertiary/aromatic N) is 8. The second-order valence-electron chi connectivity index (χ2n) is 8.47. The number of fused-ring (bicyclic) bond motifs is 1. The Bertz CT molecular complexity index is 1280. The van der Waals surface area contributed by atoms with Crippen LogP contribution in [0, 0.1) is 5.92 Å². The van der Waals surface area contributed by atoms with Crippen LogP contribution < -0.4 is 10.2 Å². The van der Waals surface area contributed by atoms with E-state index in [1.54, 1.807) is 24.0 Å². The molecule has 10 nitrogen and oxygen atoms in total. The molecule has 0 amide bonds. The predicted octanol–water partition coefficient (Wildman–Crippen LogP) is 1.78. The van der Waals surface area contributed by atoms with Gasteiger partial charge in [0.15, 0.2) is 5.65 Å². The zero-order valence-corrected chi connectivity index (χ0v) is 17.7. The van der Waals surface area contributed by atoms with E-state index in [2.05, 4.69) is 40.7 Å². The van der Waals surface area contributed by atoms with E-state index in [0.717, 1.165) is 42.3 Å². The summed E-state index contributed by atoms with van der Waals surface area (Å²) in [6, 6.07) is 9.65. The van der Waals surface area contributed by atoms with Gasteiger partial charge in [0, 0.05) is 43.9 Å². The zero-order valence-electron chi connectivity index (χ0n) is 17.7. The fraction of sp³-hybridized carbons (Fsp3) is 0.364. The third-order valence-corrected chi connectivity index (χ3v) is 6.25. The first-order chi connectivity index (χ1) is 15.7. The van der Waals surface area contributed by atoms with Crippen molar-refractivity contribution in [2.24, 2.45) is 13.0 Å². The summed E-state index contributed by atoms with van der Waals surface area (Å²) in [6.07, 6.45) is 4.29. The number of phenols is 1. The van der Waals surface area contributed by atoms with E-state index in [4.69, 9.17) is 0 Å². The smallest absolute Gasteiger partial charge is 0.245 e. The summed E-state index contributed by atoms with van der Waals surface area (Å²) in [6.45, 7) is 2.71. The molecule has 1 saturated heterocycles. The second kappa shape index (κ2) is 7.49. The van der Waals surface area contributed by atoms with Gasteiger partial charge < -0.3 is 15.3 Å². The topological polar surface area (TPSA) is 118 Å². The van der Waals surface area contributed by atoms with Crippen LogP contribution in [-0.2, 0) is 7.05 Å². The number of rotatable bonds is 4. The van der Waals surface area contributed by atoms with E-state index in [9.17, 15) is 5.11 Å². The number of pyridine rings is 1. The van der Waals surface area contributed by atoms with Crippen LogP contribution in [0.25, 0.3) is 33.7 Å². The van der Waals surface area contributed by atoms with Gasteiger partial charge in [0.05, 0.1) is 11.9 Å². The minimum Gasteiger partial charge on any atom is -0.507 e. The first kappa shape index (κ1) is 19.1. The van der Waals surface area contributed by atoms with Crippen molar-refractivity contribution in [1.82, 2.24) is 40.5 Å². The molecule has 0 radical (unpaired) electrons. The summed E-state index contributed by atoms with van der Waals surface area (Å²) in [7, 11) is 1.80. The van der Waals surface area contributed by atoms with Crippen molar-refractivity contribution in [2.75, 3.05) is 24.5 Å². The molecular weight excluding hydrogens is 406 g/mol. The highest BCUT2D eigenvalue weighted by atomic mass is 16.3. The maximum atomic E-state index is 10.7. The average molecular weight is 429 g/mol. The average Bonchev–Trinajstić information content (AvgIpc) is 3.62. The van der Waals surface area contributed by atoms with Crippen LogP contribution in [0.2, 0.25) is 0 Å². The first-order valence-corrected chi connectivity index (χ1v) is 10.8. The summed E-state index contributed by atoms with van der Waals surface area (Å²) < 4.78 is 1.63. The van der Waals surface area contributed by atoms with Crippen LogP contribution in [0.4, 0.5) is 5.95 Å². The van der Waals surface area contributed by atoms with Crippen molar-refractivity contribution in [2.45, 2.75) is 18.9 Å². The van der Waals surface area contributed by atoms with E-state index >= 15 is 0 Å². The number of hydrogen-bond donors (Lipinski definition) is 2. The van der Waals surface area contributed by atoms with Gasteiger partial charge in [-0.2, -0.15) is 0 Å². The molecule has 4 heterocycles. The van der Waals surface area contributed by atoms with Crippen LogP contribution in [0.3, 0.4) is 0 Å². The number of phenolic OH excluding ortho intramolecular Hbond substituents is 1. The standard InChI is InChI=1S/C22H23N9O/c1-30-21-17(27-29-30)7-6-16(25-21)14-4-5-15(20(32)10-14)18-11-24-22(28-26-18)31-9-8-23-19(12-31)13-2-3-13/h4-7,10-11,13,19,23,32H,2-3,8-9,12H2,1H3/t19-/m1/s1. The SMILES string of the molecule is Cn1nnc2ccc(-c3ccc(-c4cnc(N5CCN[C@@H](C6CC6)C5)nn4)c(O)c3)nc21. The van der Waals surface area contributed by atoms with E-state index in [1.807, 2.05) is 24.3 Å². The lowest BCUT2D eigenvalue weighted by Crippen LogP contribution is -2.52. The van der Waals surface area contributed by atoms with Crippen LogP contribution >= 0.6 is 0 Å². The molecule has 1 aliphatic carbocycles. The summed E-state index contributed by atoms with van der Waals surface area (Å²) in [5, 5.41) is 31.0. The van der Waals surface area contributed by atoms with Crippen molar-refractivity contribution in [3.8, 4) is 28.3 Å². The Morgan fingerprint density at radius 2 is 1.97 bits per heavy atom. The highest BCUT2D eigenvalue weighted by Gasteiger charge is 2.34. The Morgan fingerprint density at radius 1 is 1.06 bits per heavy atom. The minimum absolute atomic E-state index is 0.104. The van der Waals surface area contributed by atoms with Gasteiger partial charge in [-0.05, 0) is 43.0 Å². The summed E-state index contributed by atoms with van der Waals surface area (Å²) in [5.74, 6) is 1.52. The summed E-state index contributed by atoms with van der Waals surface area (Å²) in [4.78, 5) is 11.3.